The first-order valence-electron chi connectivity index (χ1n) is 3.43. The van der Waals surface area contributed by atoms with E-state index in [1.807, 2.05) is 0 Å². The van der Waals surface area contributed by atoms with Gasteiger partial charge in [-0.2, -0.15) is 0 Å². The van der Waals surface area contributed by atoms with Crippen molar-refractivity contribution < 1.29 is 52.1 Å². The fourth-order valence-electron chi connectivity index (χ4n) is 0.587. The zero-order valence-electron chi connectivity index (χ0n) is 8.34. The van der Waals surface area contributed by atoms with Crippen LogP contribution in [0.5, 0.6) is 0 Å². The van der Waals surface area contributed by atoms with E-state index in [0.29, 0.717) is 0 Å². The fourth-order valence-corrected chi connectivity index (χ4v) is 1.08. The van der Waals surface area contributed by atoms with Gasteiger partial charge in [0.25, 0.3) is 0 Å². The van der Waals surface area contributed by atoms with E-state index in [-0.39, 0.29) is 34.5 Å². The maximum Gasteiger partial charge on any atom is 1.00 e. The van der Waals surface area contributed by atoms with E-state index in [4.69, 9.17) is 4.79 Å². The topological polar surface area (TPSA) is 83.5 Å². The summed E-state index contributed by atoms with van der Waals surface area (Å²) in [6, 6.07) is 7.19. The first-order chi connectivity index (χ1) is 6.52. The maximum absolute atomic E-state index is 10.3. The summed E-state index contributed by atoms with van der Waals surface area (Å²) in [5.74, 6) is 0. The molecule has 7 heteroatoms. The maximum atomic E-state index is 10.3. The van der Waals surface area contributed by atoms with Crippen molar-refractivity contribution in [3.8, 4) is 0 Å². The number of carbonyl (C=O) groups excluding carboxylic acids is 1. The molecule has 0 N–H and O–H groups in total. The van der Waals surface area contributed by atoms with Crippen molar-refractivity contribution in [2.45, 2.75) is 4.90 Å². The largest absolute Gasteiger partial charge is 1.00 e. The van der Waals surface area contributed by atoms with Crippen LogP contribution in [0.4, 0.5) is 0 Å². The first-order valence-corrected chi connectivity index (χ1v) is 4.84. The summed E-state index contributed by atoms with van der Waals surface area (Å²) in [6.07, 6.45) is 0. The van der Waals surface area contributed by atoms with Crippen LogP contribution in [0, 0.1) is 0 Å². The van der Waals surface area contributed by atoms with Gasteiger partial charge in [0.15, 0.2) is 0 Å². The monoisotopic (exact) mass is 239 g/mol. The SMILES string of the molecule is CO[C-]=O.O=S(=O)([O-])c1ccccc1.[Na+]. The Morgan fingerprint density at radius 1 is 1.27 bits per heavy atom. The van der Waals surface area contributed by atoms with Gasteiger partial charge in [-0.05, 0) is 12.1 Å². The first kappa shape index (κ1) is 17.0. The Morgan fingerprint density at radius 2 is 1.67 bits per heavy atom. The summed E-state index contributed by atoms with van der Waals surface area (Å²) in [6.45, 7) is 1.18. The minimum absolute atomic E-state index is 0. The third kappa shape index (κ3) is 8.59. The number of ether oxygens (including phenoxy) is 1. The van der Waals surface area contributed by atoms with E-state index < -0.39 is 10.1 Å². The molecule has 1 aromatic rings. The molecule has 0 saturated heterocycles. The Kier molecular flexibility index (Phi) is 10.1. The van der Waals surface area contributed by atoms with Gasteiger partial charge in [-0.15, -0.1) is 0 Å². The Hall–Kier alpha value is -0.400. The molecule has 0 radical (unpaired) electrons. The zero-order chi connectivity index (χ0) is 11.0. The molecule has 0 heterocycles. The number of rotatable bonds is 2. The Balaban J connectivity index is 0. The Bertz CT molecular complexity index is 362. The van der Waals surface area contributed by atoms with Crippen molar-refractivity contribution in [1.82, 2.24) is 0 Å². The van der Waals surface area contributed by atoms with Crippen LogP contribution in [0.25, 0.3) is 0 Å². The molecule has 15 heavy (non-hydrogen) atoms. The van der Waals surface area contributed by atoms with Crippen LogP contribution in [0.15, 0.2) is 35.2 Å². The molecule has 1 rings (SSSR count). The summed E-state index contributed by atoms with van der Waals surface area (Å²) in [4.78, 5) is 8.64. The van der Waals surface area contributed by atoms with Gasteiger partial charge in [-0.25, -0.2) is 8.42 Å². The molecule has 0 fully saturated rings. The van der Waals surface area contributed by atoms with Crippen LogP contribution >= 0.6 is 0 Å². The summed E-state index contributed by atoms with van der Waals surface area (Å²) in [5, 5.41) is 0. The fraction of sp³-hybridized carbons (Fsp3) is 0.125. The second-order valence-electron chi connectivity index (χ2n) is 2.05. The average Bonchev–Trinajstić information content (AvgIpc) is 2.18. The number of methoxy groups -OCH3 is 1. The molecule has 0 amide bonds. The number of benzene rings is 1. The summed E-state index contributed by atoms with van der Waals surface area (Å²) in [7, 11) is -3.00. The third-order valence-electron chi connectivity index (χ3n) is 1.12. The van der Waals surface area contributed by atoms with E-state index in [1.54, 1.807) is 6.07 Å². The van der Waals surface area contributed by atoms with Crippen molar-refractivity contribution in [1.29, 1.82) is 0 Å². The molecule has 0 aromatic heterocycles. The molecule has 0 unspecified atom stereocenters. The molecule has 0 bridgehead atoms. The van der Waals surface area contributed by atoms with Crippen LogP contribution in [0.1, 0.15) is 0 Å². The number of hydrogen-bond donors (Lipinski definition) is 0. The molecule has 0 aliphatic carbocycles. The van der Waals surface area contributed by atoms with Crippen molar-refractivity contribution in [3.05, 3.63) is 30.3 Å². The second-order valence-corrected chi connectivity index (χ2v) is 3.43. The molecular formula is C8H8NaO5S-. The van der Waals surface area contributed by atoms with Gasteiger partial charge in [0.2, 0.25) is 0 Å². The van der Waals surface area contributed by atoms with Gasteiger partial charge in [-0.1, -0.05) is 24.7 Å². The second kappa shape index (κ2) is 8.87. The van der Waals surface area contributed by atoms with Crippen molar-refractivity contribution >= 4 is 16.6 Å². The molecule has 0 aliphatic rings. The molecule has 0 spiro atoms. The molecule has 0 saturated carbocycles. The predicted molar refractivity (Wildman–Crippen MR) is 47.1 cm³/mol. The normalized spacial score (nSPS) is 8.93. The van der Waals surface area contributed by atoms with Crippen molar-refractivity contribution in [3.63, 3.8) is 0 Å². The van der Waals surface area contributed by atoms with Crippen molar-refractivity contribution in [2.24, 2.45) is 0 Å². The van der Waals surface area contributed by atoms with Gasteiger partial charge >= 0.3 is 29.6 Å². The molecule has 78 valence electrons. The van der Waals surface area contributed by atoms with E-state index in [1.165, 1.54) is 37.8 Å². The van der Waals surface area contributed by atoms with Crippen LogP contribution < -0.4 is 29.6 Å². The van der Waals surface area contributed by atoms with Crippen molar-refractivity contribution in [2.75, 3.05) is 7.11 Å². The Labute approximate surface area is 110 Å². The molecule has 1 aromatic carbocycles. The van der Waals surface area contributed by atoms with Gasteiger partial charge in [0.05, 0.1) is 4.90 Å². The van der Waals surface area contributed by atoms with E-state index in [9.17, 15) is 13.0 Å². The average molecular weight is 239 g/mol. The van der Waals surface area contributed by atoms with E-state index in [2.05, 4.69) is 4.74 Å². The van der Waals surface area contributed by atoms with Crippen LogP contribution in [-0.4, -0.2) is 26.6 Å². The smallest absolute Gasteiger partial charge is 0.744 e. The van der Waals surface area contributed by atoms with Crippen LogP contribution in [0.2, 0.25) is 0 Å². The van der Waals surface area contributed by atoms with E-state index in [0.717, 1.165) is 0 Å². The summed E-state index contributed by atoms with van der Waals surface area (Å²) in [5.41, 5.74) is 0. The minimum atomic E-state index is -4.25. The predicted octanol–water partition coefficient (Wildman–Crippen LogP) is -2.71. The standard InChI is InChI=1S/C6H6O3S.C2H3O2.Na/c7-10(8,9)6-4-2-1-3-5-6;1-4-2-3;/h1-5H,(H,7,8,9);1H3;/q;-1;+1/p-1. The molecular weight excluding hydrogens is 231 g/mol. The minimum Gasteiger partial charge on any atom is -0.744 e. The van der Waals surface area contributed by atoms with Gasteiger partial charge in [0.1, 0.15) is 10.1 Å². The number of hydrogen-bond acceptors (Lipinski definition) is 5. The van der Waals surface area contributed by atoms with Gasteiger partial charge < -0.3 is 14.1 Å². The molecule has 0 aliphatic heterocycles. The summed E-state index contributed by atoms with van der Waals surface area (Å²) < 4.78 is 34.6. The quantitative estimate of drug-likeness (QED) is 0.318. The van der Waals surface area contributed by atoms with Gasteiger partial charge in [-0.3, -0.25) is 0 Å². The van der Waals surface area contributed by atoms with Crippen LogP contribution in [0.3, 0.4) is 0 Å². The van der Waals surface area contributed by atoms with E-state index >= 15 is 0 Å². The van der Waals surface area contributed by atoms with Crippen LogP contribution in [-0.2, 0) is 19.6 Å². The zero-order valence-corrected chi connectivity index (χ0v) is 11.2. The van der Waals surface area contributed by atoms with Gasteiger partial charge in [0, 0.05) is 7.11 Å². The third-order valence-corrected chi connectivity index (χ3v) is 1.96. The molecule has 5 nitrogen and oxygen atoms in total. The Morgan fingerprint density at radius 3 is 1.87 bits per heavy atom. The molecule has 0 atom stereocenters. The summed E-state index contributed by atoms with van der Waals surface area (Å²) >= 11 is 0.